The van der Waals surface area contributed by atoms with Crippen molar-refractivity contribution in [2.24, 2.45) is 5.73 Å². The second-order valence-corrected chi connectivity index (χ2v) is 4.01. The molecule has 0 aliphatic carbocycles. The Morgan fingerprint density at radius 3 is 2.33 bits per heavy atom. The smallest absolute Gasteiger partial charge is 0.330 e. The fourth-order valence-electron chi connectivity index (χ4n) is 1.29. The van der Waals surface area contributed by atoms with Crippen molar-refractivity contribution >= 4 is 0 Å². The van der Waals surface area contributed by atoms with Crippen LogP contribution in [0.3, 0.4) is 0 Å². The minimum Gasteiger partial charge on any atom is -0.330 e. The van der Waals surface area contributed by atoms with Crippen LogP contribution < -0.4 is 5.73 Å². The van der Waals surface area contributed by atoms with E-state index in [2.05, 4.69) is 4.98 Å². The van der Waals surface area contributed by atoms with E-state index in [-0.39, 0.29) is 12.1 Å². The van der Waals surface area contributed by atoms with Gasteiger partial charge in [0.05, 0.1) is 5.56 Å². The first-order valence-electron chi connectivity index (χ1n) is 4.51. The zero-order valence-electron chi connectivity index (χ0n) is 8.60. The second-order valence-electron chi connectivity index (χ2n) is 4.01. The summed E-state index contributed by atoms with van der Waals surface area (Å²) in [7, 11) is 0. The highest BCUT2D eigenvalue weighted by molar-refractivity contribution is 5.32. The van der Waals surface area contributed by atoms with Crippen molar-refractivity contribution in [3.05, 3.63) is 29.6 Å². The number of nitrogens with two attached hydrogens (primary N) is 1. The SMILES string of the molecule is CC(C)(CN)c1cnccc1C(F)(F)F. The van der Waals surface area contributed by atoms with Gasteiger partial charge in [-0.2, -0.15) is 13.2 Å². The Labute approximate surface area is 86.3 Å². The molecule has 0 saturated carbocycles. The van der Waals surface area contributed by atoms with Gasteiger partial charge in [-0.05, 0) is 11.6 Å². The topological polar surface area (TPSA) is 38.9 Å². The molecule has 1 rings (SSSR count). The van der Waals surface area contributed by atoms with E-state index in [1.807, 2.05) is 0 Å². The third-order valence-electron chi connectivity index (χ3n) is 2.37. The highest BCUT2D eigenvalue weighted by Gasteiger charge is 2.37. The van der Waals surface area contributed by atoms with Gasteiger partial charge < -0.3 is 5.73 Å². The molecule has 0 spiro atoms. The molecule has 84 valence electrons. The number of alkyl halides is 3. The van der Waals surface area contributed by atoms with Crippen molar-refractivity contribution < 1.29 is 13.2 Å². The third kappa shape index (κ3) is 2.47. The van der Waals surface area contributed by atoms with Crippen LogP contribution >= 0.6 is 0 Å². The molecule has 2 nitrogen and oxygen atoms in total. The van der Waals surface area contributed by atoms with Crippen LogP contribution in [0.2, 0.25) is 0 Å². The molecule has 1 aromatic rings. The summed E-state index contributed by atoms with van der Waals surface area (Å²) in [6.45, 7) is 3.47. The van der Waals surface area contributed by atoms with Gasteiger partial charge in [0, 0.05) is 24.4 Å². The van der Waals surface area contributed by atoms with Crippen LogP contribution in [0.5, 0.6) is 0 Å². The van der Waals surface area contributed by atoms with Gasteiger partial charge in [0.2, 0.25) is 0 Å². The van der Waals surface area contributed by atoms with Crippen LogP contribution in [0.15, 0.2) is 18.5 Å². The van der Waals surface area contributed by atoms with Crippen molar-refractivity contribution in [3.63, 3.8) is 0 Å². The molecule has 0 saturated heterocycles. The molecule has 0 radical (unpaired) electrons. The van der Waals surface area contributed by atoms with Crippen molar-refractivity contribution in [2.75, 3.05) is 6.54 Å². The minimum absolute atomic E-state index is 0.139. The Hall–Kier alpha value is -1.10. The van der Waals surface area contributed by atoms with E-state index in [1.165, 1.54) is 6.20 Å². The third-order valence-corrected chi connectivity index (χ3v) is 2.37. The predicted octanol–water partition coefficient (Wildman–Crippen LogP) is 2.34. The number of pyridine rings is 1. The maximum absolute atomic E-state index is 12.6. The summed E-state index contributed by atoms with van der Waals surface area (Å²) in [5.74, 6) is 0. The van der Waals surface area contributed by atoms with Gasteiger partial charge in [0.25, 0.3) is 0 Å². The minimum atomic E-state index is -4.36. The zero-order chi connectivity index (χ0) is 11.7. The summed E-state index contributed by atoms with van der Waals surface area (Å²) < 4.78 is 37.9. The van der Waals surface area contributed by atoms with Gasteiger partial charge >= 0.3 is 6.18 Å². The lowest BCUT2D eigenvalue weighted by Crippen LogP contribution is -2.31. The molecule has 0 bridgehead atoms. The molecule has 1 heterocycles. The number of hydrogen-bond acceptors (Lipinski definition) is 2. The van der Waals surface area contributed by atoms with Gasteiger partial charge in [-0.3, -0.25) is 4.98 Å². The fourth-order valence-corrected chi connectivity index (χ4v) is 1.29. The predicted molar refractivity (Wildman–Crippen MR) is 51.3 cm³/mol. The molecule has 1 aromatic heterocycles. The number of rotatable bonds is 2. The van der Waals surface area contributed by atoms with E-state index in [9.17, 15) is 13.2 Å². The summed E-state index contributed by atoms with van der Waals surface area (Å²) in [6.07, 6.45) is -1.99. The summed E-state index contributed by atoms with van der Waals surface area (Å²) in [5.41, 5.74) is 4.21. The van der Waals surface area contributed by atoms with Crippen LogP contribution in [0.1, 0.15) is 25.0 Å². The highest BCUT2D eigenvalue weighted by Crippen LogP contribution is 2.36. The maximum Gasteiger partial charge on any atom is 0.416 e. The van der Waals surface area contributed by atoms with E-state index >= 15 is 0 Å². The summed E-state index contributed by atoms with van der Waals surface area (Å²) >= 11 is 0. The number of aromatic nitrogens is 1. The van der Waals surface area contributed by atoms with Crippen LogP contribution in [0.4, 0.5) is 13.2 Å². The van der Waals surface area contributed by atoms with E-state index < -0.39 is 17.2 Å². The van der Waals surface area contributed by atoms with Crippen LogP contribution in [0, 0.1) is 0 Å². The monoisotopic (exact) mass is 218 g/mol. The average molecular weight is 218 g/mol. The molecule has 0 amide bonds. The first kappa shape index (κ1) is 12.0. The Morgan fingerprint density at radius 1 is 1.27 bits per heavy atom. The number of hydrogen-bond donors (Lipinski definition) is 1. The van der Waals surface area contributed by atoms with E-state index in [0.717, 1.165) is 12.3 Å². The molecular formula is C10H13F3N2. The second kappa shape index (κ2) is 3.81. The quantitative estimate of drug-likeness (QED) is 0.827. The van der Waals surface area contributed by atoms with Gasteiger partial charge in [-0.1, -0.05) is 13.8 Å². The Kier molecular flexibility index (Phi) is 3.04. The molecular weight excluding hydrogens is 205 g/mol. The van der Waals surface area contributed by atoms with E-state index in [4.69, 9.17) is 5.73 Å². The molecule has 5 heteroatoms. The van der Waals surface area contributed by atoms with Crippen LogP contribution in [-0.4, -0.2) is 11.5 Å². The van der Waals surface area contributed by atoms with Crippen molar-refractivity contribution in [3.8, 4) is 0 Å². The van der Waals surface area contributed by atoms with Gasteiger partial charge in [0.1, 0.15) is 0 Å². The molecule has 0 fully saturated rings. The van der Waals surface area contributed by atoms with E-state index in [1.54, 1.807) is 13.8 Å². The lowest BCUT2D eigenvalue weighted by atomic mass is 9.83. The van der Waals surface area contributed by atoms with Crippen molar-refractivity contribution in [2.45, 2.75) is 25.4 Å². The number of nitrogens with zero attached hydrogens (tertiary/aromatic N) is 1. The molecule has 2 N–H and O–H groups in total. The molecule has 0 atom stereocenters. The summed E-state index contributed by atoms with van der Waals surface area (Å²) in [5, 5.41) is 0. The van der Waals surface area contributed by atoms with E-state index in [0.29, 0.717) is 0 Å². The van der Waals surface area contributed by atoms with Crippen LogP contribution in [0.25, 0.3) is 0 Å². The Bertz CT molecular complexity index is 345. The highest BCUT2D eigenvalue weighted by atomic mass is 19.4. The van der Waals surface area contributed by atoms with Crippen LogP contribution in [-0.2, 0) is 11.6 Å². The molecule has 0 aromatic carbocycles. The maximum atomic E-state index is 12.6. The standard InChI is InChI=1S/C10H13F3N2/c1-9(2,6-14)8-5-15-4-3-7(8)10(11,12)13/h3-5H,6,14H2,1-2H3. The lowest BCUT2D eigenvalue weighted by Gasteiger charge is -2.26. The molecule has 0 unspecified atom stereocenters. The number of halogens is 3. The first-order valence-corrected chi connectivity index (χ1v) is 4.51. The molecule has 15 heavy (non-hydrogen) atoms. The first-order chi connectivity index (χ1) is 6.79. The van der Waals surface area contributed by atoms with Gasteiger partial charge in [-0.15, -0.1) is 0 Å². The largest absolute Gasteiger partial charge is 0.416 e. The van der Waals surface area contributed by atoms with Gasteiger partial charge in [-0.25, -0.2) is 0 Å². The molecule has 0 aliphatic heterocycles. The Balaban J connectivity index is 3.31. The fraction of sp³-hybridized carbons (Fsp3) is 0.500. The van der Waals surface area contributed by atoms with Crippen molar-refractivity contribution in [1.29, 1.82) is 0 Å². The lowest BCUT2D eigenvalue weighted by molar-refractivity contribution is -0.138. The normalized spacial score (nSPS) is 12.9. The zero-order valence-corrected chi connectivity index (χ0v) is 8.60. The van der Waals surface area contributed by atoms with Crippen molar-refractivity contribution in [1.82, 2.24) is 4.98 Å². The molecule has 0 aliphatic rings. The Morgan fingerprint density at radius 2 is 1.87 bits per heavy atom. The average Bonchev–Trinajstić information content (AvgIpc) is 2.16. The summed E-state index contributed by atoms with van der Waals surface area (Å²) in [4.78, 5) is 3.72. The summed E-state index contributed by atoms with van der Waals surface area (Å²) in [6, 6.07) is 0.979. The van der Waals surface area contributed by atoms with Gasteiger partial charge in [0.15, 0.2) is 0 Å².